The molecule has 1 heterocycles. The largest absolute Gasteiger partial charge is 0.405 e. The zero-order valence-corrected chi connectivity index (χ0v) is 15.8. The fourth-order valence-electron chi connectivity index (χ4n) is 2.26. The van der Waals surface area contributed by atoms with Crippen LogP contribution in [-0.2, 0) is 4.57 Å². The van der Waals surface area contributed by atoms with Crippen LogP contribution in [-0.4, -0.2) is 25.7 Å². The van der Waals surface area contributed by atoms with Crippen molar-refractivity contribution in [2.75, 3.05) is 0 Å². The van der Waals surface area contributed by atoms with Crippen LogP contribution in [0.3, 0.4) is 0 Å². The third kappa shape index (κ3) is 5.17. The van der Waals surface area contributed by atoms with E-state index in [4.69, 9.17) is 21.3 Å². The Labute approximate surface area is 160 Å². The maximum absolute atomic E-state index is 12.4. The van der Waals surface area contributed by atoms with Gasteiger partial charge in [-0.3, -0.25) is 14.2 Å². The average molecular weight is 405 g/mol. The molecule has 8 N–H and O–H groups in total. The molecule has 1 unspecified atom stereocenters. The minimum absolute atomic E-state index is 0.0979. The van der Waals surface area contributed by atoms with Gasteiger partial charge < -0.3 is 31.6 Å². The van der Waals surface area contributed by atoms with E-state index in [1.54, 1.807) is 6.92 Å². The Bertz CT molecular complexity index is 1020. The van der Waals surface area contributed by atoms with Crippen molar-refractivity contribution in [3.05, 3.63) is 76.1 Å². The molecule has 28 heavy (non-hydrogen) atoms. The van der Waals surface area contributed by atoms with Gasteiger partial charge in [0.05, 0.1) is 17.0 Å². The lowest BCUT2D eigenvalue weighted by atomic mass is 10.1. The molecule has 0 bridgehead atoms. The molecule has 0 spiro atoms. The highest BCUT2D eigenvalue weighted by molar-refractivity contribution is 7.60. The fraction of sp³-hybridized carbons (Fsp3) is 0.118. The number of hydrogen-bond acceptors (Lipinski definition) is 6. The van der Waals surface area contributed by atoms with E-state index < -0.39 is 25.1 Å². The zero-order valence-electron chi connectivity index (χ0n) is 14.9. The molecule has 1 atom stereocenters. The van der Waals surface area contributed by atoms with Crippen molar-refractivity contribution in [1.82, 2.24) is 15.3 Å². The van der Waals surface area contributed by atoms with Crippen molar-refractivity contribution in [3.8, 4) is 0 Å². The van der Waals surface area contributed by atoms with Crippen LogP contribution < -0.4 is 27.6 Å². The molecule has 0 saturated carbocycles. The molecule has 1 aromatic carbocycles. The van der Waals surface area contributed by atoms with Gasteiger partial charge in [-0.2, -0.15) is 0 Å². The van der Waals surface area contributed by atoms with Gasteiger partial charge in [0.2, 0.25) is 0 Å². The van der Waals surface area contributed by atoms with Crippen LogP contribution in [0.1, 0.15) is 34.7 Å². The van der Waals surface area contributed by atoms with Gasteiger partial charge >= 0.3 is 7.60 Å². The summed E-state index contributed by atoms with van der Waals surface area (Å²) in [6, 6.07) is 5.03. The maximum atomic E-state index is 12.4. The number of carbonyl (C=O) groups excluding carboxylic acids is 1. The summed E-state index contributed by atoms with van der Waals surface area (Å²) >= 11 is 0. The molecule has 2 rings (SSSR count). The van der Waals surface area contributed by atoms with Gasteiger partial charge in [0, 0.05) is 6.20 Å². The second kappa shape index (κ2) is 8.66. The molecule has 2 aromatic rings. The van der Waals surface area contributed by atoms with Crippen molar-refractivity contribution in [2.45, 2.75) is 13.0 Å². The summed E-state index contributed by atoms with van der Waals surface area (Å²) in [7, 11) is -4.34. The maximum Gasteiger partial charge on any atom is 0.356 e. The number of nitrogens with zero attached hydrogens (tertiary/aromatic N) is 1. The van der Waals surface area contributed by atoms with Gasteiger partial charge in [-0.05, 0) is 43.0 Å². The highest BCUT2D eigenvalue weighted by atomic mass is 31.2. The van der Waals surface area contributed by atoms with Crippen LogP contribution in [0.5, 0.6) is 0 Å². The number of nitrogens with one attached hydrogen (secondary N) is 2. The van der Waals surface area contributed by atoms with Crippen molar-refractivity contribution in [2.24, 2.45) is 11.5 Å². The quantitative estimate of drug-likeness (QED) is 0.283. The summed E-state index contributed by atoms with van der Waals surface area (Å²) < 4.78 is 11.2. The molecule has 11 heteroatoms. The Morgan fingerprint density at radius 3 is 2.50 bits per heavy atom. The first-order chi connectivity index (χ1) is 13.1. The van der Waals surface area contributed by atoms with Gasteiger partial charge in [-0.15, -0.1) is 0 Å². The molecule has 0 radical (unpaired) electrons. The predicted molar refractivity (Wildman–Crippen MR) is 104 cm³/mol. The highest BCUT2D eigenvalue weighted by Crippen LogP contribution is 2.33. The Hall–Kier alpha value is -3.20. The number of H-pyrrole nitrogens is 1. The van der Waals surface area contributed by atoms with Crippen LogP contribution in [0.4, 0.5) is 0 Å². The van der Waals surface area contributed by atoms with Crippen LogP contribution >= 0.6 is 7.60 Å². The monoisotopic (exact) mass is 405 g/mol. The Morgan fingerprint density at radius 2 is 1.96 bits per heavy atom. The number of benzene rings is 1. The summed E-state index contributed by atoms with van der Waals surface area (Å²) in [5, 5.41) is 2.50. The lowest BCUT2D eigenvalue weighted by molar-refractivity contribution is 0.0938. The van der Waals surface area contributed by atoms with Crippen LogP contribution in [0.25, 0.3) is 5.70 Å². The van der Waals surface area contributed by atoms with Gasteiger partial charge in [0.1, 0.15) is 5.56 Å². The number of rotatable bonds is 6. The number of allylic oxidation sites excluding steroid dienone is 2. The highest BCUT2D eigenvalue weighted by Gasteiger charge is 2.19. The van der Waals surface area contributed by atoms with Crippen LogP contribution in [0.15, 0.2) is 53.6 Å². The zero-order chi connectivity index (χ0) is 20.9. The van der Waals surface area contributed by atoms with Gasteiger partial charge in [-0.25, -0.2) is 4.98 Å². The molecule has 148 valence electrons. The lowest BCUT2D eigenvalue weighted by Crippen LogP contribution is -2.32. The van der Waals surface area contributed by atoms with E-state index in [0.717, 1.165) is 6.20 Å². The minimum Gasteiger partial charge on any atom is -0.405 e. The van der Waals surface area contributed by atoms with Crippen LogP contribution in [0, 0.1) is 0 Å². The van der Waals surface area contributed by atoms with Gasteiger partial charge in [0.15, 0.2) is 5.82 Å². The third-order valence-corrected chi connectivity index (χ3v) is 4.75. The Kier molecular flexibility index (Phi) is 6.53. The van der Waals surface area contributed by atoms with E-state index in [2.05, 4.69) is 15.3 Å². The molecule has 0 saturated heterocycles. The number of carbonyl (C=O) groups is 1. The lowest BCUT2D eigenvalue weighted by Gasteiger charge is -2.15. The molecule has 1 aromatic heterocycles. The first-order valence-electron chi connectivity index (χ1n) is 8.04. The summed E-state index contributed by atoms with van der Waals surface area (Å²) in [4.78, 5) is 49.2. The average Bonchev–Trinajstić information content (AvgIpc) is 2.65. The van der Waals surface area contributed by atoms with E-state index in [-0.39, 0.29) is 22.4 Å². The smallest absolute Gasteiger partial charge is 0.356 e. The van der Waals surface area contributed by atoms with Crippen molar-refractivity contribution in [3.63, 3.8) is 0 Å². The number of hydrogen-bond donors (Lipinski definition) is 6. The van der Waals surface area contributed by atoms with Gasteiger partial charge in [0.25, 0.3) is 11.5 Å². The predicted octanol–water partition coefficient (Wildman–Crippen LogP) is -0.164. The summed E-state index contributed by atoms with van der Waals surface area (Å²) in [5.41, 5.74) is 10.9. The van der Waals surface area contributed by atoms with E-state index in [9.17, 15) is 14.2 Å². The number of amides is 1. The molecular weight excluding hydrogens is 385 g/mol. The van der Waals surface area contributed by atoms with E-state index in [1.807, 2.05) is 0 Å². The standard InChI is InChI=1S/C17H20N5O5P/c1-10(11-4-6-12(7-5-11)28(25,26)27)21-16(23)13-9-20-15(22-17(13)24)14(19)3-2-8-18/h2-10H,18-19H2,1H3,(H,21,23)(H,20,22,24)(H2,25,26,27)/b8-2-,14-3-. The van der Waals surface area contributed by atoms with Crippen LogP contribution in [0.2, 0.25) is 0 Å². The molecule has 10 nitrogen and oxygen atoms in total. The Morgan fingerprint density at radius 1 is 1.32 bits per heavy atom. The Balaban J connectivity index is 2.16. The SMILES string of the molecule is CC(NC(=O)c1cnc(/C(N)=C/C=C\N)[nH]c1=O)c1ccc(P(=O)(O)O)cc1. The first kappa shape index (κ1) is 21.1. The topological polar surface area (TPSA) is 184 Å². The molecule has 0 fully saturated rings. The second-order valence-corrected chi connectivity index (χ2v) is 7.42. The van der Waals surface area contributed by atoms with Gasteiger partial charge in [-0.1, -0.05) is 12.1 Å². The molecule has 0 aliphatic carbocycles. The number of aromatic amines is 1. The first-order valence-corrected chi connectivity index (χ1v) is 9.65. The molecule has 0 aliphatic rings. The molecular formula is C17H20N5O5P. The van der Waals surface area contributed by atoms with E-state index in [0.29, 0.717) is 5.56 Å². The van der Waals surface area contributed by atoms with Crippen molar-refractivity contribution < 1.29 is 19.1 Å². The fourth-order valence-corrected chi connectivity index (χ4v) is 2.79. The minimum atomic E-state index is -4.34. The summed E-state index contributed by atoms with van der Waals surface area (Å²) in [6.07, 6.45) is 5.29. The number of aromatic nitrogens is 2. The van der Waals surface area contributed by atoms with Crippen molar-refractivity contribution >= 4 is 24.5 Å². The molecule has 1 amide bonds. The number of nitrogens with two attached hydrogens (primary N) is 2. The third-order valence-electron chi connectivity index (χ3n) is 3.78. The van der Waals surface area contributed by atoms with Crippen molar-refractivity contribution in [1.29, 1.82) is 0 Å². The second-order valence-electron chi connectivity index (χ2n) is 5.81. The summed E-state index contributed by atoms with van der Waals surface area (Å²) in [6.45, 7) is 1.67. The molecule has 0 aliphatic heterocycles. The summed E-state index contributed by atoms with van der Waals surface area (Å²) in [5.74, 6) is -0.558. The van der Waals surface area contributed by atoms with E-state index >= 15 is 0 Å². The normalized spacial score (nSPS) is 13.5. The van der Waals surface area contributed by atoms with E-state index in [1.165, 1.54) is 42.6 Å².